The zero-order valence-corrected chi connectivity index (χ0v) is 37.6. The first kappa shape index (κ1) is 39.0. The van der Waals surface area contributed by atoms with Gasteiger partial charge in [0.15, 0.2) is 0 Å². The van der Waals surface area contributed by atoms with Crippen LogP contribution in [0.3, 0.4) is 0 Å². The largest absolute Gasteiger partial charge is 0.455 e. The van der Waals surface area contributed by atoms with Crippen LogP contribution in [-0.2, 0) is 0 Å². The molecule has 0 unspecified atom stereocenters. The Morgan fingerprint density at radius 2 is 0.826 bits per heavy atom. The summed E-state index contributed by atoms with van der Waals surface area (Å²) in [7, 11) is 0. The summed E-state index contributed by atoms with van der Waals surface area (Å²) in [5, 5.41) is 12.0. The van der Waals surface area contributed by atoms with Gasteiger partial charge >= 0.3 is 0 Å². The van der Waals surface area contributed by atoms with E-state index < -0.39 is 0 Å². The molecule has 0 N–H and O–H groups in total. The molecule has 0 saturated carbocycles. The summed E-state index contributed by atoms with van der Waals surface area (Å²) >= 11 is 0. The molecule has 0 aliphatic carbocycles. The van der Waals surface area contributed by atoms with Gasteiger partial charge in [0.05, 0.1) is 22.4 Å². The Morgan fingerprint density at radius 3 is 1.55 bits per heavy atom. The summed E-state index contributed by atoms with van der Waals surface area (Å²) < 4.78 is 9.14. The number of benzene rings is 12. The maximum atomic E-state index is 6.75. The molecule has 0 amide bonds. The lowest BCUT2D eigenvalue weighted by Gasteiger charge is -2.30. The van der Waals surface area contributed by atoms with E-state index in [1.54, 1.807) is 0 Å². The maximum Gasteiger partial charge on any atom is 0.143 e. The number of hydrogen-bond donors (Lipinski definition) is 0. The number of para-hydroxylation sites is 4. The van der Waals surface area contributed by atoms with Crippen LogP contribution in [0.1, 0.15) is 0 Å². The standard InChI is InChI=1S/C66H42N2O/c1-3-18-52-44(14-1)28-29-46-30-31-48(41-60(46)52)53-19-5-9-24-61(53)67(62-25-10-6-20-54(62)49-35-38-58-59-39-34-45-15-2-4-21-55(45)66(59)69-65(58)42-49)50-36-32-43(33-37-50)47-16-13-17-51(40-47)68-63-26-11-7-22-56(63)57-23-8-12-27-64(57)68/h1-42H. The predicted octanol–water partition coefficient (Wildman–Crippen LogP) is 18.6. The number of aromatic nitrogens is 1. The SMILES string of the molecule is c1cc(-c2ccc(N(c3ccccc3-c3ccc4c(c3)oc3c5ccccc5ccc43)c3ccccc3-c3ccc4ccc5ccccc5c4c3)cc2)cc(-n2c3ccccc3c3ccccc32)c1. The molecular weight excluding hydrogens is 837 g/mol. The summed E-state index contributed by atoms with van der Waals surface area (Å²) in [4.78, 5) is 2.44. The minimum absolute atomic E-state index is 0.872. The van der Waals surface area contributed by atoms with Gasteiger partial charge in [0.1, 0.15) is 11.2 Å². The Labute approximate surface area is 399 Å². The van der Waals surface area contributed by atoms with E-state index in [1.807, 2.05) is 0 Å². The summed E-state index contributed by atoms with van der Waals surface area (Å²) in [6.07, 6.45) is 0. The Hall–Kier alpha value is -9.18. The van der Waals surface area contributed by atoms with Gasteiger partial charge in [-0.15, -0.1) is 0 Å². The van der Waals surface area contributed by atoms with Crippen LogP contribution in [0.5, 0.6) is 0 Å². The third-order valence-electron chi connectivity index (χ3n) is 14.2. The molecule has 2 aromatic heterocycles. The molecule has 3 heteroatoms. The van der Waals surface area contributed by atoms with E-state index in [9.17, 15) is 0 Å². The molecule has 322 valence electrons. The summed E-state index contributed by atoms with van der Waals surface area (Å²) in [6, 6.07) is 92.6. The van der Waals surface area contributed by atoms with Crippen molar-refractivity contribution in [3.8, 4) is 39.1 Å². The second kappa shape index (κ2) is 15.7. The Kier molecular flexibility index (Phi) is 8.90. The first-order valence-electron chi connectivity index (χ1n) is 23.7. The highest BCUT2D eigenvalue weighted by molar-refractivity contribution is 6.16. The van der Waals surface area contributed by atoms with Crippen molar-refractivity contribution in [3.05, 3.63) is 255 Å². The van der Waals surface area contributed by atoms with Crippen LogP contribution in [0.2, 0.25) is 0 Å². The van der Waals surface area contributed by atoms with Crippen LogP contribution in [0.25, 0.3) is 115 Å². The van der Waals surface area contributed by atoms with Crippen molar-refractivity contribution in [3.63, 3.8) is 0 Å². The normalized spacial score (nSPS) is 11.8. The lowest BCUT2D eigenvalue weighted by Crippen LogP contribution is -2.12. The molecule has 0 spiro atoms. The molecule has 0 saturated heterocycles. The molecule has 0 aliphatic rings. The lowest BCUT2D eigenvalue weighted by atomic mass is 9.95. The number of hydrogen-bond acceptors (Lipinski definition) is 2. The fraction of sp³-hybridized carbons (Fsp3) is 0. The second-order valence-electron chi connectivity index (χ2n) is 18.0. The Bertz CT molecular complexity index is 4270. The molecule has 14 aromatic rings. The van der Waals surface area contributed by atoms with E-state index in [0.717, 1.165) is 83.5 Å². The number of furan rings is 1. The van der Waals surface area contributed by atoms with Crippen molar-refractivity contribution < 1.29 is 4.42 Å². The van der Waals surface area contributed by atoms with Crippen molar-refractivity contribution in [2.24, 2.45) is 0 Å². The summed E-state index contributed by atoms with van der Waals surface area (Å²) in [5.41, 5.74) is 15.3. The van der Waals surface area contributed by atoms with Gasteiger partial charge in [-0.1, -0.05) is 182 Å². The van der Waals surface area contributed by atoms with Crippen LogP contribution in [0, 0.1) is 0 Å². The molecule has 0 fully saturated rings. The average Bonchev–Trinajstić information content (AvgIpc) is 3.97. The third-order valence-corrected chi connectivity index (χ3v) is 14.2. The zero-order valence-electron chi connectivity index (χ0n) is 37.6. The van der Waals surface area contributed by atoms with Crippen molar-refractivity contribution in [2.75, 3.05) is 4.90 Å². The van der Waals surface area contributed by atoms with Crippen LogP contribution in [-0.4, -0.2) is 4.57 Å². The smallest absolute Gasteiger partial charge is 0.143 e. The van der Waals surface area contributed by atoms with Crippen LogP contribution < -0.4 is 4.90 Å². The fourth-order valence-electron chi connectivity index (χ4n) is 10.9. The maximum absolute atomic E-state index is 6.75. The van der Waals surface area contributed by atoms with E-state index in [1.165, 1.54) is 48.7 Å². The van der Waals surface area contributed by atoms with Gasteiger partial charge < -0.3 is 13.9 Å². The first-order chi connectivity index (χ1) is 34.2. The van der Waals surface area contributed by atoms with E-state index in [-0.39, 0.29) is 0 Å². The number of fused-ring (bicyclic) bond motifs is 11. The first-order valence-corrected chi connectivity index (χ1v) is 23.7. The Balaban J connectivity index is 0.932. The van der Waals surface area contributed by atoms with Crippen molar-refractivity contribution >= 4 is 93.1 Å². The molecular formula is C66H42N2O. The summed E-state index contributed by atoms with van der Waals surface area (Å²) in [6.45, 7) is 0. The zero-order chi connectivity index (χ0) is 45.4. The molecule has 14 rings (SSSR count). The molecule has 2 heterocycles. The van der Waals surface area contributed by atoms with Gasteiger partial charge in [0.25, 0.3) is 0 Å². The minimum Gasteiger partial charge on any atom is -0.455 e. The summed E-state index contributed by atoms with van der Waals surface area (Å²) in [5.74, 6) is 0. The molecule has 69 heavy (non-hydrogen) atoms. The van der Waals surface area contributed by atoms with Gasteiger partial charge in [-0.05, 0) is 122 Å². The molecule has 0 radical (unpaired) electrons. The van der Waals surface area contributed by atoms with Crippen LogP contribution in [0.15, 0.2) is 259 Å². The highest BCUT2D eigenvalue weighted by Crippen LogP contribution is 2.47. The molecule has 0 aliphatic heterocycles. The topological polar surface area (TPSA) is 21.3 Å². The van der Waals surface area contributed by atoms with Gasteiger partial charge in [-0.3, -0.25) is 0 Å². The van der Waals surface area contributed by atoms with E-state index in [0.29, 0.717) is 0 Å². The highest BCUT2D eigenvalue weighted by atomic mass is 16.3. The van der Waals surface area contributed by atoms with Gasteiger partial charge in [0.2, 0.25) is 0 Å². The van der Waals surface area contributed by atoms with E-state index >= 15 is 0 Å². The monoisotopic (exact) mass is 878 g/mol. The lowest BCUT2D eigenvalue weighted by molar-refractivity contribution is 0.673. The Morgan fingerprint density at radius 1 is 0.304 bits per heavy atom. The minimum atomic E-state index is 0.872. The number of nitrogens with zero attached hydrogens (tertiary/aromatic N) is 2. The van der Waals surface area contributed by atoms with Gasteiger partial charge in [0, 0.05) is 49.4 Å². The van der Waals surface area contributed by atoms with Crippen LogP contribution >= 0.6 is 0 Å². The van der Waals surface area contributed by atoms with Gasteiger partial charge in [-0.25, -0.2) is 0 Å². The third kappa shape index (κ3) is 6.36. The second-order valence-corrected chi connectivity index (χ2v) is 18.0. The van der Waals surface area contributed by atoms with Crippen molar-refractivity contribution in [1.29, 1.82) is 0 Å². The molecule has 3 nitrogen and oxygen atoms in total. The molecule has 0 bridgehead atoms. The predicted molar refractivity (Wildman–Crippen MR) is 292 cm³/mol. The highest BCUT2D eigenvalue weighted by Gasteiger charge is 2.22. The molecule has 12 aromatic carbocycles. The van der Waals surface area contributed by atoms with Gasteiger partial charge in [-0.2, -0.15) is 0 Å². The fourth-order valence-corrected chi connectivity index (χ4v) is 10.9. The number of rotatable bonds is 7. The van der Waals surface area contributed by atoms with Crippen molar-refractivity contribution in [2.45, 2.75) is 0 Å². The van der Waals surface area contributed by atoms with E-state index in [2.05, 4.69) is 264 Å². The average molecular weight is 879 g/mol. The molecule has 0 atom stereocenters. The number of anilines is 3. The van der Waals surface area contributed by atoms with Crippen molar-refractivity contribution in [1.82, 2.24) is 4.57 Å². The quantitative estimate of drug-likeness (QED) is 0.149. The van der Waals surface area contributed by atoms with E-state index in [4.69, 9.17) is 4.42 Å². The van der Waals surface area contributed by atoms with Crippen LogP contribution in [0.4, 0.5) is 17.1 Å².